The van der Waals surface area contributed by atoms with Crippen molar-refractivity contribution in [3.8, 4) is 0 Å². The summed E-state index contributed by atoms with van der Waals surface area (Å²) in [5, 5.41) is 14.9. The highest BCUT2D eigenvalue weighted by molar-refractivity contribution is 5.76. The molecular weight excluding hydrogens is 266 g/mol. The number of nitrogens with zero attached hydrogens (tertiary/aromatic N) is 3. The SMILES string of the molecule is CC(NC(=O)CCC1CCCNC1)c1nnc2n1CCC2. The molecule has 0 aromatic carbocycles. The van der Waals surface area contributed by atoms with Gasteiger partial charge in [-0.3, -0.25) is 4.79 Å². The molecule has 0 spiro atoms. The highest BCUT2D eigenvalue weighted by atomic mass is 16.1. The van der Waals surface area contributed by atoms with Gasteiger partial charge in [-0.1, -0.05) is 0 Å². The fraction of sp³-hybridized carbons (Fsp3) is 0.800. The zero-order valence-electron chi connectivity index (χ0n) is 12.8. The standard InChI is InChI=1S/C15H25N5O/c1-11(15-19-18-13-5-3-9-20(13)15)17-14(21)7-6-12-4-2-8-16-10-12/h11-12,16H,2-10H2,1H3,(H,17,21). The van der Waals surface area contributed by atoms with Crippen LogP contribution >= 0.6 is 0 Å². The van der Waals surface area contributed by atoms with E-state index in [-0.39, 0.29) is 11.9 Å². The molecular formula is C15H25N5O. The van der Waals surface area contributed by atoms with Gasteiger partial charge in [-0.05, 0) is 51.6 Å². The van der Waals surface area contributed by atoms with Crippen LogP contribution in [-0.4, -0.2) is 33.8 Å². The Bertz CT molecular complexity index is 492. The maximum Gasteiger partial charge on any atom is 0.220 e. The van der Waals surface area contributed by atoms with Crippen LogP contribution in [-0.2, 0) is 17.8 Å². The summed E-state index contributed by atoms with van der Waals surface area (Å²) in [6.07, 6.45) is 6.19. The molecule has 3 heterocycles. The molecule has 1 aromatic heterocycles. The number of nitrogens with one attached hydrogen (secondary N) is 2. The van der Waals surface area contributed by atoms with E-state index < -0.39 is 0 Å². The number of carbonyl (C=O) groups is 1. The summed E-state index contributed by atoms with van der Waals surface area (Å²) >= 11 is 0. The van der Waals surface area contributed by atoms with Gasteiger partial charge in [-0.25, -0.2) is 0 Å². The third-order valence-corrected chi connectivity index (χ3v) is 4.58. The molecule has 1 amide bonds. The molecule has 6 heteroatoms. The minimum atomic E-state index is -0.0543. The van der Waals surface area contributed by atoms with Crippen molar-refractivity contribution in [1.29, 1.82) is 0 Å². The Balaban J connectivity index is 1.47. The lowest BCUT2D eigenvalue weighted by molar-refractivity contribution is -0.122. The first-order chi connectivity index (χ1) is 10.2. The Labute approximate surface area is 125 Å². The lowest BCUT2D eigenvalue weighted by Crippen LogP contribution is -2.32. The highest BCUT2D eigenvalue weighted by Gasteiger charge is 2.22. The molecule has 1 saturated heterocycles. The number of fused-ring (bicyclic) bond motifs is 1. The van der Waals surface area contributed by atoms with Gasteiger partial charge in [0.15, 0.2) is 5.82 Å². The van der Waals surface area contributed by atoms with E-state index in [1.54, 1.807) is 0 Å². The molecule has 2 N–H and O–H groups in total. The molecule has 0 saturated carbocycles. The zero-order valence-corrected chi connectivity index (χ0v) is 12.8. The van der Waals surface area contributed by atoms with Crippen LogP contribution < -0.4 is 10.6 Å². The maximum atomic E-state index is 12.1. The summed E-state index contributed by atoms with van der Waals surface area (Å²) in [5.41, 5.74) is 0. The Morgan fingerprint density at radius 1 is 1.48 bits per heavy atom. The average molecular weight is 291 g/mol. The second-order valence-corrected chi connectivity index (χ2v) is 6.27. The predicted octanol–water partition coefficient (Wildman–Crippen LogP) is 1.18. The third kappa shape index (κ3) is 3.43. The van der Waals surface area contributed by atoms with Gasteiger partial charge in [-0.2, -0.15) is 0 Å². The lowest BCUT2D eigenvalue weighted by Gasteiger charge is -2.22. The molecule has 0 aliphatic carbocycles. The second kappa shape index (κ2) is 6.56. The number of amides is 1. The van der Waals surface area contributed by atoms with Crippen LogP contribution in [0.4, 0.5) is 0 Å². The van der Waals surface area contributed by atoms with Crippen molar-refractivity contribution in [2.75, 3.05) is 13.1 Å². The first-order valence-corrected chi connectivity index (χ1v) is 8.16. The first kappa shape index (κ1) is 14.5. The van der Waals surface area contributed by atoms with Gasteiger partial charge >= 0.3 is 0 Å². The van der Waals surface area contributed by atoms with E-state index in [0.717, 1.165) is 50.5 Å². The fourth-order valence-corrected chi connectivity index (χ4v) is 3.38. The number of aryl methyl sites for hydroxylation is 1. The maximum absolute atomic E-state index is 12.1. The summed E-state index contributed by atoms with van der Waals surface area (Å²) in [6.45, 7) is 5.15. The zero-order chi connectivity index (χ0) is 14.7. The summed E-state index contributed by atoms with van der Waals surface area (Å²) < 4.78 is 2.15. The van der Waals surface area contributed by atoms with Crippen LogP contribution in [0.15, 0.2) is 0 Å². The third-order valence-electron chi connectivity index (χ3n) is 4.58. The molecule has 2 aliphatic rings. The number of piperidine rings is 1. The smallest absolute Gasteiger partial charge is 0.220 e. The van der Waals surface area contributed by atoms with Crippen LogP contribution in [0.25, 0.3) is 0 Å². The minimum Gasteiger partial charge on any atom is -0.346 e. The minimum absolute atomic E-state index is 0.0543. The van der Waals surface area contributed by atoms with Crippen molar-refractivity contribution in [2.45, 2.75) is 58.0 Å². The topological polar surface area (TPSA) is 71.8 Å². The van der Waals surface area contributed by atoms with Gasteiger partial charge in [0.25, 0.3) is 0 Å². The number of carbonyl (C=O) groups excluding carboxylic acids is 1. The van der Waals surface area contributed by atoms with Gasteiger partial charge in [0.05, 0.1) is 6.04 Å². The van der Waals surface area contributed by atoms with Crippen molar-refractivity contribution in [3.05, 3.63) is 11.6 Å². The Hall–Kier alpha value is -1.43. The molecule has 21 heavy (non-hydrogen) atoms. The van der Waals surface area contributed by atoms with Crippen molar-refractivity contribution in [3.63, 3.8) is 0 Å². The van der Waals surface area contributed by atoms with Gasteiger partial charge in [0.2, 0.25) is 5.91 Å². The Morgan fingerprint density at radius 2 is 2.38 bits per heavy atom. The number of hydrogen-bond acceptors (Lipinski definition) is 4. The van der Waals surface area contributed by atoms with E-state index in [1.165, 1.54) is 12.8 Å². The van der Waals surface area contributed by atoms with E-state index in [9.17, 15) is 4.79 Å². The molecule has 1 fully saturated rings. The molecule has 2 atom stereocenters. The van der Waals surface area contributed by atoms with Crippen molar-refractivity contribution < 1.29 is 4.79 Å². The first-order valence-electron chi connectivity index (χ1n) is 8.16. The molecule has 2 aliphatic heterocycles. The van der Waals surface area contributed by atoms with Crippen LogP contribution in [0.5, 0.6) is 0 Å². The quantitative estimate of drug-likeness (QED) is 0.854. The van der Waals surface area contributed by atoms with Gasteiger partial charge in [0.1, 0.15) is 5.82 Å². The Kier molecular flexibility index (Phi) is 4.53. The summed E-state index contributed by atoms with van der Waals surface area (Å²) in [6, 6.07) is -0.0543. The molecule has 116 valence electrons. The van der Waals surface area contributed by atoms with Gasteiger partial charge < -0.3 is 15.2 Å². The van der Waals surface area contributed by atoms with Crippen LogP contribution in [0.2, 0.25) is 0 Å². The molecule has 6 nitrogen and oxygen atoms in total. The normalized spacial score (nSPS) is 22.8. The Morgan fingerprint density at radius 3 is 3.19 bits per heavy atom. The number of hydrogen-bond donors (Lipinski definition) is 2. The second-order valence-electron chi connectivity index (χ2n) is 6.27. The molecule has 0 radical (unpaired) electrons. The van der Waals surface area contributed by atoms with Crippen LogP contribution in [0.1, 0.15) is 56.7 Å². The molecule has 3 rings (SSSR count). The number of rotatable bonds is 5. The van der Waals surface area contributed by atoms with E-state index in [1.807, 2.05) is 6.92 Å². The molecule has 2 unspecified atom stereocenters. The lowest BCUT2D eigenvalue weighted by atomic mass is 9.94. The van der Waals surface area contributed by atoms with E-state index >= 15 is 0 Å². The van der Waals surface area contributed by atoms with Crippen LogP contribution in [0, 0.1) is 5.92 Å². The predicted molar refractivity (Wildman–Crippen MR) is 79.7 cm³/mol. The van der Waals surface area contributed by atoms with Crippen LogP contribution in [0.3, 0.4) is 0 Å². The van der Waals surface area contributed by atoms with E-state index in [2.05, 4.69) is 25.4 Å². The number of aromatic nitrogens is 3. The summed E-state index contributed by atoms with van der Waals surface area (Å²) in [5.74, 6) is 2.73. The van der Waals surface area contributed by atoms with Crippen molar-refractivity contribution >= 4 is 5.91 Å². The fourth-order valence-electron chi connectivity index (χ4n) is 3.38. The average Bonchev–Trinajstić information content (AvgIpc) is 3.09. The van der Waals surface area contributed by atoms with E-state index in [4.69, 9.17) is 0 Å². The van der Waals surface area contributed by atoms with E-state index in [0.29, 0.717) is 12.3 Å². The summed E-state index contributed by atoms with van der Waals surface area (Å²) in [4.78, 5) is 12.1. The van der Waals surface area contributed by atoms with Gasteiger partial charge in [-0.15, -0.1) is 10.2 Å². The molecule has 1 aromatic rings. The van der Waals surface area contributed by atoms with Gasteiger partial charge in [0, 0.05) is 19.4 Å². The summed E-state index contributed by atoms with van der Waals surface area (Å²) in [7, 11) is 0. The largest absolute Gasteiger partial charge is 0.346 e. The van der Waals surface area contributed by atoms with Crippen molar-refractivity contribution in [2.24, 2.45) is 5.92 Å². The highest BCUT2D eigenvalue weighted by Crippen LogP contribution is 2.20. The van der Waals surface area contributed by atoms with Crippen molar-refractivity contribution in [1.82, 2.24) is 25.4 Å². The monoisotopic (exact) mass is 291 g/mol. The molecule has 0 bridgehead atoms.